The Labute approximate surface area is 121 Å². The number of halogens is 1. The van der Waals surface area contributed by atoms with Crippen molar-refractivity contribution in [2.24, 2.45) is 0 Å². The maximum Gasteiger partial charge on any atom is 0.256 e. The first-order valence-electron chi connectivity index (χ1n) is 6.70. The fourth-order valence-corrected chi connectivity index (χ4v) is 2.45. The summed E-state index contributed by atoms with van der Waals surface area (Å²) in [5.74, 6) is -0.511. The van der Waals surface area contributed by atoms with Crippen LogP contribution in [0.3, 0.4) is 0 Å². The molecule has 0 bridgehead atoms. The molecule has 0 radical (unpaired) electrons. The number of H-pyrrole nitrogens is 1. The molecule has 3 aromatic rings. The van der Waals surface area contributed by atoms with Gasteiger partial charge >= 0.3 is 0 Å². The lowest BCUT2D eigenvalue weighted by atomic mass is 10.1. The summed E-state index contributed by atoms with van der Waals surface area (Å²) in [5, 5.41) is 3.72. The van der Waals surface area contributed by atoms with Gasteiger partial charge in [0, 0.05) is 27.8 Å². The number of rotatable bonds is 2. The van der Waals surface area contributed by atoms with Crippen molar-refractivity contribution in [2.45, 2.75) is 13.8 Å². The summed E-state index contributed by atoms with van der Waals surface area (Å²) in [7, 11) is 0. The van der Waals surface area contributed by atoms with Crippen LogP contribution in [0, 0.1) is 19.7 Å². The van der Waals surface area contributed by atoms with Crippen LogP contribution in [0.25, 0.3) is 10.9 Å². The van der Waals surface area contributed by atoms with Crippen LogP contribution in [0.15, 0.2) is 42.5 Å². The molecule has 2 aromatic carbocycles. The second-order valence-corrected chi connectivity index (χ2v) is 5.13. The summed E-state index contributed by atoms with van der Waals surface area (Å²) in [4.78, 5) is 15.7. The largest absolute Gasteiger partial charge is 0.359 e. The Morgan fingerprint density at radius 2 is 1.95 bits per heavy atom. The SMILES string of the molecule is Cc1cc2c(C(=O)Nc3ccc(F)cc3C)cccc2[nH]1. The standard InChI is InChI=1S/C17H15FN2O/c1-10-8-12(18)6-7-15(10)20-17(21)13-4-3-5-16-14(13)9-11(2)19-16/h3-9,19H,1-2H3,(H,20,21). The smallest absolute Gasteiger partial charge is 0.256 e. The molecule has 1 amide bonds. The van der Waals surface area contributed by atoms with Crippen LogP contribution in [-0.2, 0) is 0 Å². The van der Waals surface area contributed by atoms with Gasteiger partial charge < -0.3 is 10.3 Å². The molecule has 0 spiro atoms. The van der Waals surface area contributed by atoms with Gasteiger partial charge in [0.2, 0.25) is 0 Å². The van der Waals surface area contributed by atoms with E-state index in [0.717, 1.165) is 16.6 Å². The second kappa shape index (κ2) is 5.05. The Balaban J connectivity index is 1.97. The third-order valence-corrected chi connectivity index (χ3v) is 3.48. The van der Waals surface area contributed by atoms with E-state index in [4.69, 9.17) is 0 Å². The van der Waals surface area contributed by atoms with Crippen molar-refractivity contribution < 1.29 is 9.18 Å². The molecule has 0 fully saturated rings. The van der Waals surface area contributed by atoms with Crippen LogP contribution in [-0.4, -0.2) is 10.9 Å². The van der Waals surface area contributed by atoms with E-state index in [1.54, 1.807) is 19.1 Å². The highest BCUT2D eigenvalue weighted by Crippen LogP contribution is 2.22. The van der Waals surface area contributed by atoms with Gasteiger partial charge in [0.05, 0.1) is 0 Å². The van der Waals surface area contributed by atoms with Crippen LogP contribution < -0.4 is 5.32 Å². The van der Waals surface area contributed by atoms with E-state index in [1.165, 1.54) is 12.1 Å². The first kappa shape index (κ1) is 13.4. The highest BCUT2D eigenvalue weighted by Gasteiger charge is 2.12. The van der Waals surface area contributed by atoms with Crippen molar-refractivity contribution in [3.05, 3.63) is 65.1 Å². The summed E-state index contributed by atoms with van der Waals surface area (Å²) >= 11 is 0. The molecule has 0 aliphatic heterocycles. The first-order valence-corrected chi connectivity index (χ1v) is 6.70. The third kappa shape index (κ3) is 2.52. The van der Waals surface area contributed by atoms with Gasteiger partial charge in [0.25, 0.3) is 5.91 Å². The number of hydrogen-bond acceptors (Lipinski definition) is 1. The van der Waals surface area contributed by atoms with Crippen molar-refractivity contribution in [2.75, 3.05) is 5.32 Å². The zero-order valence-corrected chi connectivity index (χ0v) is 11.8. The van der Waals surface area contributed by atoms with Gasteiger partial charge in [-0.15, -0.1) is 0 Å². The molecule has 0 aliphatic carbocycles. The molecule has 3 rings (SSSR count). The van der Waals surface area contributed by atoms with E-state index < -0.39 is 0 Å². The van der Waals surface area contributed by atoms with Crippen LogP contribution >= 0.6 is 0 Å². The average molecular weight is 282 g/mol. The van der Waals surface area contributed by atoms with Crippen LogP contribution in [0.2, 0.25) is 0 Å². The van der Waals surface area contributed by atoms with Gasteiger partial charge in [-0.2, -0.15) is 0 Å². The number of nitrogens with one attached hydrogen (secondary N) is 2. The van der Waals surface area contributed by atoms with E-state index in [0.29, 0.717) is 16.8 Å². The predicted molar refractivity (Wildman–Crippen MR) is 82.1 cm³/mol. The number of anilines is 1. The predicted octanol–water partition coefficient (Wildman–Crippen LogP) is 4.18. The van der Waals surface area contributed by atoms with Crippen LogP contribution in [0.5, 0.6) is 0 Å². The zero-order chi connectivity index (χ0) is 15.0. The van der Waals surface area contributed by atoms with Crippen molar-refractivity contribution in [3.8, 4) is 0 Å². The van der Waals surface area contributed by atoms with Gasteiger partial charge in [-0.3, -0.25) is 4.79 Å². The highest BCUT2D eigenvalue weighted by atomic mass is 19.1. The summed E-state index contributed by atoms with van der Waals surface area (Å²) < 4.78 is 13.1. The number of benzene rings is 2. The normalized spacial score (nSPS) is 10.8. The molecule has 0 saturated carbocycles. The number of carbonyl (C=O) groups excluding carboxylic acids is 1. The molecular formula is C17H15FN2O. The quantitative estimate of drug-likeness (QED) is 0.727. The summed E-state index contributed by atoms with van der Waals surface area (Å²) in [6, 6.07) is 11.8. The summed E-state index contributed by atoms with van der Waals surface area (Å²) in [5.41, 5.74) is 3.84. The van der Waals surface area contributed by atoms with Crippen molar-refractivity contribution in [1.82, 2.24) is 4.98 Å². The number of fused-ring (bicyclic) bond motifs is 1. The first-order chi connectivity index (χ1) is 10.0. The van der Waals surface area contributed by atoms with E-state index in [1.807, 2.05) is 25.1 Å². The fraction of sp³-hybridized carbons (Fsp3) is 0.118. The van der Waals surface area contributed by atoms with E-state index in [-0.39, 0.29) is 11.7 Å². The molecule has 1 heterocycles. The molecule has 0 unspecified atom stereocenters. The molecule has 21 heavy (non-hydrogen) atoms. The van der Waals surface area contributed by atoms with Gasteiger partial charge in [-0.1, -0.05) is 6.07 Å². The molecule has 3 nitrogen and oxygen atoms in total. The lowest BCUT2D eigenvalue weighted by Crippen LogP contribution is -2.13. The third-order valence-electron chi connectivity index (χ3n) is 3.48. The van der Waals surface area contributed by atoms with Gasteiger partial charge in [-0.25, -0.2) is 4.39 Å². The van der Waals surface area contributed by atoms with E-state index in [2.05, 4.69) is 10.3 Å². The van der Waals surface area contributed by atoms with Gasteiger partial charge in [-0.05, 0) is 55.8 Å². The van der Waals surface area contributed by atoms with Crippen molar-refractivity contribution in [1.29, 1.82) is 0 Å². The van der Waals surface area contributed by atoms with Gasteiger partial charge in [0.15, 0.2) is 0 Å². The maximum absolute atomic E-state index is 13.1. The number of hydrogen-bond donors (Lipinski definition) is 2. The summed E-state index contributed by atoms with van der Waals surface area (Å²) in [6.45, 7) is 3.71. The Morgan fingerprint density at radius 3 is 2.71 bits per heavy atom. The number of aromatic nitrogens is 1. The molecule has 106 valence electrons. The topological polar surface area (TPSA) is 44.9 Å². The number of amides is 1. The van der Waals surface area contributed by atoms with Crippen LogP contribution in [0.4, 0.5) is 10.1 Å². The van der Waals surface area contributed by atoms with E-state index in [9.17, 15) is 9.18 Å². The highest BCUT2D eigenvalue weighted by molar-refractivity contribution is 6.12. The Hall–Kier alpha value is -2.62. The minimum Gasteiger partial charge on any atom is -0.359 e. The Morgan fingerprint density at radius 1 is 1.14 bits per heavy atom. The minimum atomic E-state index is -0.311. The Kier molecular flexibility index (Phi) is 3.22. The molecule has 0 saturated heterocycles. The second-order valence-electron chi connectivity index (χ2n) is 5.13. The number of carbonyl (C=O) groups is 1. The van der Waals surface area contributed by atoms with E-state index >= 15 is 0 Å². The number of aryl methyl sites for hydroxylation is 2. The molecule has 2 N–H and O–H groups in total. The lowest BCUT2D eigenvalue weighted by Gasteiger charge is -2.09. The lowest BCUT2D eigenvalue weighted by molar-refractivity contribution is 0.102. The van der Waals surface area contributed by atoms with Crippen LogP contribution in [0.1, 0.15) is 21.6 Å². The number of aromatic amines is 1. The van der Waals surface area contributed by atoms with Gasteiger partial charge in [0.1, 0.15) is 5.82 Å². The molecular weight excluding hydrogens is 267 g/mol. The summed E-state index contributed by atoms with van der Waals surface area (Å²) in [6.07, 6.45) is 0. The maximum atomic E-state index is 13.1. The Bertz CT molecular complexity index is 836. The fourth-order valence-electron chi connectivity index (χ4n) is 2.45. The molecule has 1 aromatic heterocycles. The molecule has 0 atom stereocenters. The molecule has 0 aliphatic rings. The minimum absolute atomic E-state index is 0.200. The van der Waals surface area contributed by atoms with Crippen molar-refractivity contribution in [3.63, 3.8) is 0 Å². The monoisotopic (exact) mass is 282 g/mol. The average Bonchev–Trinajstić information content (AvgIpc) is 2.81. The molecule has 4 heteroatoms. The van der Waals surface area contributed by atoms with Crippen molar-refractivity contribution >= 4 is 22.5 Å². The zero-order valence-electron chi connectivity index (χ0n) is 11.8.